The van der Waals surface area contributed by atoms with Crippen LogP contribution in [-0.4, -0.2) is 15.8 Å². The van der Waals surface area contributed by atoms with Crippen molar-refractivity contribution in [1.29, 1.82) is 0 Å². The lowest BCUT2D eigenvalue weighted by Gasteiger charge is -2.06. The summed E-state index contributed by atoms with van der Waals surface area (Å²) < 4.78 is 0. The standard InChI is InChI=1S/C18H17N3O3/c1-11-12(2)20-17-8-5-14(9-16(11)17)18(22)19-10-13-3-6-15(7-4-13)21(23)24/h3-9,20H,10H2,1-2H3,(H,19,22). The topological polar surface area (TPSA) is 88.0 Å². The molecule has 0 aliphatic heterocycles. The first kappa shape index (κ1) is 15.7. The highest BCUT2D eigenvalue weighted by Gasteiger charge is 2.10. The number of hydrogen-bond donors (Lipinski definition) is 2. The van der Waals surface area contributed by atoms with Crippen LogP contribution in [0.3, 0.4) is 0 Å². The van der Waals surface area contributed by atoms with Crippen molar-refractivity contribution in [2.45, 2.75) is 20.4 Å². The summed E-state index contributed by atoms with van der Waals surface area (Å²) in [6.07, 6.45) is 0. The van der Waals surface area contributed by atoms with Gasteiger partial charge in [-0.1, -0.05) is 12.1 Å². The largest absolute Gasteiger partial charge is 0.358 e. The van der Waals surface area contributed by atoms with Crippen molar-refractivity contribution in [1.82, 2.24) is 10.3 Å². The van der Waals surface area contributed by atoms with Crippen LogP contribution in [0.5, 0.6) is 0 Å². The fourth-order valence-electron chi connectivity index (χ4n) is 2.62. The van der Waals surface area contributed by atoms with E-state index in [4.69, 9.17) is 0 Å². The maximum Gasteiger partial charge on any atom is 0.269 e. The number of nitro benzene ring substituents is 1. The van der Waals surface area contributed by atoms with Gasteiger partial charge >= 0.3 is 0 Å². The molecule has 122 valence electrons. The molecule has 0 unspecified atom stereocenters. The van der Waals surface area contributed by atoms with Crippen LogP contribution in [0.1, 0.15) is 27.2 Å². The molecule has 6 heteroatoms. The van der Waals surface area contributed by atoms with Gasteiger partial charge in [-0.3, -0.25) is 14.9 Å². The highest BCUT2D eigenvalue weighted by atomic mass is 16.6. The van der Waals surface area contributed by atoms with E-state index in [1.807, 2.05) is 26.0 Å². The third-order valence-electron chi connectivity index (χ3n) is 4.17. The minimum atomic E-state index is -0.446. The monoisotopic (exact) mass is 323 g/mol. The molecule has 24 heavy (non-hydrogen) atoms. The fourth-order valence-corrected chi connectivity index (χ4v) is 2.62. The van der Waals surface area contributed by atoms with Crippen molar-refractivity contribution in [2.24, 2.45) is 0 Å². The number of aromatic nitrogens is 1. The number of amides is 1. The Labute approximate surface area is 138 Å². The van der Waals surface area contributed by atoms with E-state index in [9.17, 15) is 14.9 Å². The normalized spacial score (nSPS) is 10.8. The number of benzene rings is 2. The molecule has 0 saturated heterocycles. The Bertz CT molecular complexity index is 927. The Morgan fingerprint density at radius 1 is 1.17 bits per heavy atom. The molecule has 0 saturated carbocycles. The summed E-state index contributed by atoms with van der Waals surface area (Å²) in [7, 11) is 0. The molecule has 1 amide bonds. The zero-order valence-electron chi connectivity index (χ0n) is 13.4. The van der Waals surface area contributed by atoms with Gasteiger partial charge in [-0.25, -0.2) is 0 Å². The van der Waals surface area contributed by atoms with Crippen molar-refractivity contribution in [3.63, 3.8) is 0 Å². The van der Waals surface area contributed by atoms with Crippen molar-refractivity contribution in [2.75, 3.05) is 0 Å². The van der Waals surface area contributed by atoms with Crippen LogP contribution in [0, 0.1) is 24.0 Å². The molecular formula is C18H17N3O3. The Morgan fingerprint density at radius 3 is 2.54 bits per heavy atom. The van der Waals surface area contributed by atoms with E-state index in [2.05, 4.69) is 10.3 Å². The van der Waals surface area contributed by atoms with Crippen LogP contribution in [0.15, 0.2) is 42.5 Å². The molecule has 2 N–H and O–H groups in total. The van der Waals surface area contributed by atoms with Crippen LogP contribution in [-0.2, 0) is 6.54 Å². The van der Waals surface area contributed by atoms with Crippen LogP contribution >= 0.6 is 0 Å². The summed E-state index contributed by atoms with van der Waals surface area (Å²) in [5.74, 6) is -0.173. The lowest BCUT2D eigenvalue weighted by atomic mass is 10.1. The van der Waals surface area contributed by atoms with E-state index >= 15 is 0 Å². The number of nitrogens with zero attached hydrogens (tertiary/aromatic N) is 1. The number of fused-ring (bicyclic) bond motifs is 1. The molecule has 0 radical (unpaired) electrons. The average molecular weight is 323 g/mol. The number of non-ortho nitro benzene ring substituents is 1. The third-order valence-corrected chi connectivity index (χ3v) is 4.17. The molecule has 0 aliphatic carbocycles. The lowest BCUT2D eigenvalue weighted by molar-refractivity contribution is -0.384. The summed E-state index contributed by atoms with van der Waals surface area (Å²) in [4.78, 5) is 25.8. The second-order valence-corrected chi connectivity index (χ2v) is 5.74. The van der Waals surface area contributed by atoms with Crippen molar-refractivity contribution in [3.05, 3.63) is 75.0 Å². The van der Waals surface area contributed by atoms with Gasteiger partial charge in [0, 0.05) is 40.8 Å². The van der Waals surface area contributed by atoms with E-state index in [-0.39, 0.29) is 11.6 Å². The Kier molecular flexibility index (Phi) is 4.04. The fraction of sp³-hybridized carbons (Fsp3) is 0.167. The van der Waals surface area contributed by atoms with Gasteiger partial charge in [-0.05, 0) is 43.2 Å². The van der Waals surface area contributed by atoms with Crippen molar-refractivity contribution >= 4 is 22.5 Å². The molecule has 0 atom stereocenters. The second kappa shape index (κ2) is 6.16. The van der Waals surface area contributed by atoms with Gasteiger partial charge in [0.15, 0.2) is 0 Å². The maximum absolute atomic E-state index is 12.3. The van der Waals surface area contributed by atoms with Crippen LogP contribution in [0.2, 0.25) is 0 Å². The number of aryl methyl sites for hydroxylation is 2. The maximum atomic E-state index is 12.3. The summed E-state index contributed by atoms with van der Waals surface area (Å²) in [5, 5.41) is 14.5. The number of hydrogen-bond acceptors (Lipinski definition) is 3. The van der Waals surface area contributed by atoms with E-state index in [0.29, 0.717) is 12.1 Å². The van der Waals surface area contributed by atoms with Crippen LogP contribution in [0.4, 0.5) is 5.69 Å². The van der Waals surface area contributed by atoms with Gasteiger partial charge in [-0.2, -0.15) is 0 Å². The first-order valence-corrected chi connectivity index (χ1v) is 7.56. The molecule has 0 spiro atoms. The predicted molar refractivity (Wildman–Crippen MR) is 92.0 cm³/mol. The summed E-state index contributed by atoms with van der Waals surface area (Å²) in [6, 6.07) is 11.7. The van der Waals surface area contributed by atoms with Crippen LogP contribution in [0.25, 0.3) is 10.9 Å². The molecule has 0 fully saturated rings. The SMILES string of the molecule is Cc1[nH]c2ccc(C(=O)NCc3ccc([N+](=O)[O-])cc3)cc2c1C. The number of aromatic amines is 1. The zero-order chi connectivity index (χ0) is 17.3. The number of rotatable bonds is 4. The average Bonchev–Trinajstić information content (AvgIpc) is 2.87. The predicted octanol–water partition coefficient (Wildman–Crippen LogP) is 3.62. The highest BCUT2D eigenvalue weighted by molar-refractivity contribution is 5.99. The quantitative estimate of drug-likeness (QED) is 0.568. The molecular weight excluding hydrogens is 306 g/mol. The summed E-state index contributed by atoms with van der Waals surface area (Å²) >= 11 is 0. The second-order valence-electron chi connectivity index (χ2n) is 5.74. The molecule has 3 aromatic rings. The number of nitrogens with one attached hydrogen (secondary N) is 2. The van der Waals surface area contributed by atoms with Gasteiger partial charge in [0.2, 0.25) is 0 Å². The van der Waals surface area contributed by atoms with E-state index < -0.39 is 4.92 Å². The highest BCUT2D eigenvalue weighted by Crippen LogP contribution is 2.22. The number of H-pyrrole nitrogens is 1. The first-order chi connectivity index (χ1) is 11.5. The van der Waals surface area contributed by atoms with Gasteiger partial charge in [-0.15, -0.1) is 0 Å². The number of nitro groups is 1. The number of carbonyl (C=O) groups excluding carboxylic acids is 1. The lowest BCUT2D eigenvalue weighted by Crippen LogP contribution is -2.22. The third kappa shape index (κ3) is 2.99. The molecule has 1 heterocycles. The summed E-state index contributed by atoms with van der Waals surface area (Å²) in [5.41, 5.74) is 4.67. The first-order valence-electron chi connectivity index (χ1n) is 7.56. The minimum absolute atomic E-state index is 0.0360. The van der Waals surface area contributed by atoms with E-state index in [1.165, 1.54) is 12.1 Å². The van der Waals surface area contributed by atoms with Crippen molar-refractivity contribution < 1.29 is 9.72 Å². The Morgan fingerprint density at radius 2 is 1.88 bits per heavy atom. The van der Waals surface area contributed by atoms with Gasteiger partial charge < -0.3 is 10.3 Å². The van der Waals surface area contributed by atoms with Gasteiger partial charge in [0.25, 0.3) is 11.6 Å². The number of carbonyl (C=O) groups is 1. The Hall–Kier alpha value is -3.15. The van der Waals surface area contributed by atoms with Crippen LogP contribution < -0.4 is 5.32 Å². The molecule has 3 rings (SSSR count). The van der Waals surface area contributed by atoms with E-state index in [0.717, 1.165) is 27.7 Å². The molecule has 0 aliphatic rings. The molecule has 0 bridgehead atoms. The molecule has 1 aromatic heterocycles. The molecule has 6 nitrogen and oxygen atoms in total. The minimum Gasteiger partial charge on any atom is -0.358 e. The summed E-state index contributed by atoms with van der Waals surface area (Å²) in [6.45, 7) is 4.34. The Balaban J connectivity index is 1.72. The van der Waals surface area contributed by atoms with E-state index in [1.54, 1.807) is 18.2 Å². The van der Waals surface area contributed by atoms with Gasteiger partial charge in [0.1, 0.15) is 0 Å². The van der Waals surface area contributed by atoms with Crippen molar-refractivity contribution in [3.8, 4) is 0 Å². The smallest absolute Gasteiger partial charge is 0.269 e. The zero-order valence-corrected chi connectivity index (χ0v) is 13.4. The van der Waals surface area contributed by atoms with Gasteiger partial charge in [0.05, 0.1) is 4.92 Å². The molecule has 2 aromatic carbocycles.